The van der Waals surface area contributed by atoms with Crippen molar-refractivity contribution in [1.82, 2.24) is 4.90 Å². The molecule has 186 valence electrons. The standard InChI is InChI=1S/C26H30N2O7/c1-14-24-9-6-11-28-12-10-25(20(24)28)18-8-7-17(32-5)13-19(18)27(4)21(25)26(23(31)33-14,35-16(3)30)22(24)34-15(2)29/h6-9,13-14,20-22H,10-12H2,1-5H3/t14-,20-,21?,22+,24-,25+,26-/m0/s1. The fourth-order valence-corrected chi connectivity index (χ4v) is 8.19. The average molecular weight is 483 g/mol. The van der Waals surface area contributed by atoms with Crippen molar-refractivity contribution in [2.75, 3.05) is 32.1 Å². The Morgan fingerprint density at radius 3 is 2.63 bits per heavy atom. The van der Waals surface area contributed by atoms with Crippen LogP contribution in [0.4, 0.5) is 5.69 Å². The third kappa shape index (κ3) is 2.40. The molecule has 5 aliphatic rings. The molecule has 1 saturated carbocycles. The Morgan fingerprint density at radius 1 is 1.17 bits per heavy atom. The van der Waals surface area contributed by atoms with Gasteiger partial charge in [-0.05, 0) is 31.5 Å². The highest BCUT2D eigenvalue weighted by Crippen LogP contribution is 2.69. The number of cyclic esters (lactones) is 1. The lowest BCUT2D eigenvalue weighted by Gasteiger charge is -2.67. The molecule has 6 rings (SSSR count). The molecule has 0 aromatic heterocycles. The zero-order valence-electron chi connectivity index (χ0n) is 20.6. The van der Waals surface area contributed by atoms with Gasteiger partial charge in [-0.25, -0.2) is 4.79 Å². The number of carbonyl (C=O) groups excluding carboxylic acids is 3. The molecular weight excluding hydrogens is 452 g/mol. The summed E-state index contributed by atoms with van der Waals surface area (Å²) < 4.78 is 23.6. The Hall–Kier alpha value is -3.07. The van der Waals surface area contributed by atoms with E-state index in [4.69, 9.17) is 18.9 Å². The van der Waals surface area contributed by atoms with Gasteiger partial charge in [0.2, 0.25) is 0 Å². The zero-order valence-corrected chi connectivity index (χ0v) is 20.6. The second-order valence-electron chi connectivity index (χ2n) is 10.4. The molecule has 9 nitrogen and oxygen atoms in total. The van der Waals surface area contributed by atoms with Gasteiger partial charge >= 0.3 is 17.9 Å². The van der Waals surface area contributed by atoms with Crippen LogP contribution in [0.2, 0.25) is 0 Å². The van der Waals surface area contributed by atoms with Crippen LogP contribution in [-0.4, -0.2) is 79.9 Å². The summed E-state index contributed by atoms with van der Waals surface area (Å²) in [5, 5.41) is 0. The Balaban J connectivity index is 1.73. The van der Waals surface area contributed by atoms with Gasteiger partial charge in [-0.15, -0.1) is 0 Å². The average Bonchev–Trinajstić information content (AvgIpc) is 3.31. The Labute approximate surface area is 203 Å². The van der Waals surface area contributed by atoms with Gasteiger partial charge < -0.3 is 23.8 Å². The maximum absolute atomic E-state index is 14.0. The number of esters is 3. The first-order chi connectivity index (χ1) is 16.6. The molecule has 1 aliphatic carbocycles. The van der Waals surface area contributed by atoms with E-state index >= 15 is 0 Å². The summed E-state index contributed by atoms with van der Waals surface area (Å²) in [4.78, 5) is 43.6. The third-order valence-electron chi connectivity index (χ3n) is 9.00. The van der Waals surface area contributed by atoms with Gasteiger partial charge in [-0.1, -0.05) is 18.2 Å². The number of ether oxygens (including phenoxy) is 4. The fourth-order valence-electron chi connectivity index (χ4n) is 8.19. The van der Waals surface area contributed by atoms with Crippen LogP contribution in [0.25, 0.3) is 0 Å². The molecule has 0 amide bonds. The van der Waals surface area contributed by atoms with Crippen LogP contribution >= 0.6 is 0 Å². The first-order valence-electron chi connectivity index (χ1n) is 12.1. The number of hydrogen-bond acceptors (Lipinski definition) is 9. The van der Waals surface area contributed by atoms with Gasteiger partial charge in [0.1, 0.15) is 11.9 Å². The Bertz CT molecular complexity index is 1180. The van der Waals surface area contributed by atoms with E-state index in [0.29, 0.717) is 5.75 Å². The number of benzene rings is 1. The van der Waals surface area contributed by atoms with Gasteiger partial charge in [0, 0.05) is 50.7 Å². The second-order valence-corrected chi connectivity index (χ2v) is 10.4. The number of fused-ring (bicyclic) bond motifs is 3. The quantitative estimate of drug-likeness (QED) is 0.361. The SMILES string of the molecule is COc1ccc2c(c1)N(C)C1[C@]23CCN2CC=C[C@]4([C@H](C)OC(=O)[C@@]1(OC(C)=O)[C@@H]4OC(C)=O)[C@H]23. The summed E-state index contributed by atoms with van der Waals surface area (Å²) in [6.07, 6.45) is 3.20. The van der Waals surface area contributed by atoms with Crippen molar-refractivity contribution >= 4 is 23.6 Å². The summed E-state index contributed by atoms with van der Waals surface area (Å²) >= 11 is 0. The largest absolute Gasteiger partial charge is 0.497 e. The molecule has 2 spiro atoms. The molecule has 1 unspecified atom stereocenters. The maximum atomic E-state index is 14.0. The summed E-state index contributed by atoms with van der Waals surface area (Å²) in [6.45, 7) is 5.97. The normalized spacial score (nSPS) is 40.4. The van der Waals surface area contributed by atoms with Gasteiger partial charge in [-0.2, -0.15) is 0 Å². The van der Waals surface area contributed by atoms with Crippen molar-refractivity contribution in [1.29, 1.82) is 0 Å². The molecule has 2 saturated heterocycles. The lowest BCUT2D eigenvalue weighted by atomic mass is 9.46. The molecule has 9 heteroatoms. The fraction of sp³-hybridized carbons (Fsp3) is 0.577. The maximum Gasteiger partial charge on any atom is 0.357 e. The number of carbonyl (C=O) groups is 3. The summed E-state index contributed by atoms with van der Waals surface area (Å²) in [5.41, 5.74) is -1.33. The van der Waals surface area contributed by atoms with Crippen molar-refractivity contribution in [3.63, 3.8) is 0 Å². The first kappa shape index (κ1) is 22.4. The van der Waals surface area contributed by atoms with Crippen LogP contribution in [0.1, 0.15) is 32.8 Å². The topological polar surface area (TPSA) is 94.6 Å². The molecular formula is C26H30N2O7. The molecule has 1 aromatic carbocycles. The van der Waals surface area contributed by atoms with E-state index in [-0.39, 0.29) is 6.04 Å². The van der Waals surface area contributed by atoms with Crippen molar-refractivity contribution in [3.05, 3.63) is 35.9 Å². The van der Waals surface area contributed by atoms with Crippen molar-refractivity contribution in [3.8, 4) is 5.75 Å². The van der Waals surface area contributed by atoms with E-state index in [2.05, 4.69) is 11.0 Å². The number of likely N-dealkylation sites (N-methyl/N-ethyl adjacent to an activating group) is 1. The van der Waals surface area contributed by atoms with E-state index in [1.807, 2.05) is 43.2 Å². The lowest BCUT2D eigenvalue weighted by molar-refractivity contribution is -0.278. The second kappa shape index (κ2) is 7.00. The molecule has 3 fully saturated rings. The number of nitrogens with zero attached hydrogens (tertiary/aromatic N) is 2. The molecule has 2 bridgehead atoms. The van der Waals surface area contributed by atoms with Crippen LogP contribution < -0.4 is 9.64 Å². The van der Waals surface area contributed by atoms with Crippen molar-refractivity contribution < 1.29 is 33.3 Å². The third-order valence-corrected chi connectivity index (χ3v) is 9.00. The number of hydrogen-bond donors (Lipinski definition) is 0. The molecule has 1 aromatic rings. The first-order valence-corrected chi connectivity index (χ1v) is 12.1. The smallest absolute Gasteiger partial charge is 0.357 e. The number of rotatable bonds is 3. The van der Waals surface area contributed by atoms with Crippen molar-refractivity contribution in [2.24, 2.45) is 5.41 Å². The van der Waals surface area contributed by atoms with Gasteiger partial charge in [0.25, 0.3) is 5.60 Å². The van der Waals surface area contributed by atoms with Gasteiger partial charge in [0.15, 0.2) is 6.10 Å². The highest BCUT2D eigenvalue weighted by molar-refractivity contribution is 5.91. The minimum Gasteiger partial charge on any atom is -0.497 e. The highest BCUT2D eigenvalue weighted by atomic mass is 16.6. The summed E-state index contributed by atoms with van der Waals surface area (Å²) in [5.74, 6) is -1.16. The predicted octanol–water partition coefficient (Wildman–Crippen LogP) is 1.57. The molecule has 7 atom stereocenters. The van der Waals surface area contributed by atoms with Gasteiger partial charge in [-0.3, -0.25) is 14.5 Å². The van der Waals surface area contributed by atoms with E-state index in [1.54, 1.807) is 7.11 Å². The minimum absolute atomic E-state index is 0.141. The summed E-state index contributed by atoms with van der Waals surface area (Å²) in [6, 6.07) is 5.18. The molecule has 0 N–H and O–H groups in total. The van der Waals surface area contributed by atoms with Crippen LogP contribution in [0, 0.1) is 5.41 Å². The highest BCUT2D eigenvalue weighted by Gasteiger charge is 2.85. The lowest BCUT2D eigenvalue weighted by Crippen LogP contribution is -2.86. The minimum atomic E-state index is -1.85. The predicted molar refractivity (Wildman–Crippen MR) is 124 cm³/mol. The van der Waals surface area contributed by atoms with Crippen molar-refractivity contribution in [2.45, 2.75) is 62.5 Å². The Kier molecular flexibility index (Phi) is 4.48. The van der Waals surface area contributed by atoms with Crippen LogP contribution in [0.3, 0.4) is 0 Å². The van der Waals surface area contributed by atoms with E-state index in [9.17, 15) is 14.4 Å². The van der Waals surface area contributed by atoms with Crippen LogP contribution in [0.15, 0.2) is 30.4 Å². The monoisotopic (exact) mass is 482 g/mol. The molecule has 4 heterocycles. The molecule has 4 aliphatic heterocycles. The van der Waals surface area contributed by atoms with E-state index < -0.39 is 52.6 Å². The van der Waals surface area contributed by atoms with Crippen LogP contribution in [-0.2, 0) is 34.0 Å². The molecule has 0 radical (unpaired) electrons. The number of methoxy groups -OCH3 is 1. The van der Waals surface area contributed by atoms with E-state index in [0.717, 1.165) is 30.8 Å². The zero-order chi connectivity index (χ0) is 24.9. The number of anilines is 1. The Morgan fingerprint density at radius 2 is 1.94 bits per heavy atom. The van der Waals surface area contributed by atoms with Crippen LogP contribution in [0.5, 0.6) is 5.75 Å². The molecule has 35 heavy (non-hydrogen) atoms. The summed E-state index contributed by atoms with van der Waals surface area (Å²) in [7, 11) is 3.51. The van der Waals surface area contributed by atoms with E-state index in [1.165, 1.54) is 13.8 Å². The van der Waals surface area contributed by atoms with Gasteiger partial charge in [0.05, 0.1) is 18.6 Å².